The molecule has 2 nitrogen and oxygen atoms in total. The van der Waals surface area contributed by atoms with E-state index < -0.39 is 0 Å². The van der Waals surface area contributed by atoms with Crippen LogP contribution in [0.3, 0.4) is 0 Å². The number of benzene rings is 3. The molecule has 0 aromatic heterocycles. The van der Waals surface area contributed by atoms with Crippen LogP contribution in [0.4, 0.5) is 0 Å². The number of hydrogen-bond acceptors (Lipinski definition) is 2. The first-order valence-electron chi connectivity index (χ1n) is 9.32. The smallest absolute Gasteiger partial charge is 0.130 e. The molecular weight excluding hydrogens is 332 g/mol. The van der Waals surface area contributed by atoms with Gasteiger partial charge in [-0.2, -0.15) is 0 Å². The molecule has 2 heteroatoms. The normalized spacial score (nSPS) is 11.3. The summed E-state index contributed by atoms with van der Waals surface area (Å²) < 4.78 is 11.5. The van der Waals surface area contributed by atoms with E-state index in [0.717, 1.165) is 28.4 Å². The topological polar surface area (TPSA) is 18.5 Å². The van der Waals surface area contributed by atoms with Gasteiger partial charge in [0.25, 0.3) is 0 Å². The van der Waals surface area contributed by atoms with Gasteiger partial charge in [-0.1, -0.05) is 55.8 Å². The molecule has 0 amide bonds. The quantitative estimate of drug-likeness (QED) is 0.502. The van der Waals surface area contributed by atoms with Crippen molar-refractivity contribution in [2.24, 2.45) is 0 Å². The highest BCUT2D eigenvalue weighted by Gasteiger charge is 2.23. The average molecular weight is 360 g/mol. The maximum atomic E-state index is 6.12. The van der Waals surface area contributed by atoms with Crippen LogP contribution >= 0.6 is 0 Å². The van der Waals surface area contributed by atoms with E-state index >= 15 is 0 Å². The third-order valence-corrected chi connectivity index (χ3v) is 5.27. The minimum absolute atomic E-state index is 0.0567. The lowest BCUT2D eigenvalue weighted by Gasteiger charge is -2.26. The van der Waals surface area contributed by atoms with Crippen LogP contribution in [0.15, 0.2) is 60.7 Å². The summed E-state index contributed by atoms with van der Waals surface area (Å²) in [7, 11) is 1.69. The zero-order valence-electron chi connectivity index (χ0n) is 17.1. The largest absolute Gasteiger partial charge is 0.496 e. The highest BCUT2D eigenvalue weighted by molar-refractivity contribution is 5.48. The molecule has 0 N–H and O–H groups in total. The molecule has 0 aliphatic rings. The second kappa shape index (κ2) is 7.48. The number of aryl methyl sites for hydroxylation is 3. The standard InChI is InChI=1S/C25H28O2/c1-17-7-9-20(10-8-17)25(4,5)21-11-13-22(14-12-21)27-24-16-18(2)23(26-6)15-19(24)3/h7-16H,1-6H3. The Bertz CT molecular complexity index is 920. The van der Waals surface area contributed by atoms with Crippen molar-refractivity contribution < 1.29 is 9.47 Å². The van der Waals surface area contributed by atoms with E-state index in [1.54, 1.807) is 7.11 Å². The van der Waals surface area contributed by atoms with Gasteiger partial charge in [-0.25, -0.2) is 0 Å². The lowest BCUT2D eigenvalue weighted by molar-refractivity contribution is 0.408. The fourth-order valence-corrected chi connectivity index (χ4v) is 3.30. The van der Waals surface area contributed by atoms with E-state index in [1.165, 1.54) is 16.7 Å². The molecule has 140 valence electrons. The fourth-order valence-electron chi connectivity index (χ4n) is 3.30. The van der Waals surface area contributed by atoms with Gasteiger partial charge in [0.05, 0.1) is 7.11 Å². The molecule has 3 rings (SSSR count). The SMILES string of the molecule is COc1cc(C)c(Oc2ccc(C(C)(C)c3ccc(C)cc3)cc2)cc1C. The van der Waals surface area contributed by atoms with Crippen molar-refractivity contribution in [1.29, 1.82) is 0 Å². The number of methoxy groups -OCH3 is 1. The third kappa shape index (κ3) is 4.00. The van der Waals surface area contributed by atoms with Gasteiger partial charge >= 0.3 is 0 Å². The van der Waals surface area contributed by atoms with Crippen LogP contribution in [0.1, 0.15) is 41.7 Å². The Labute approximate surface area is 162 Å². The average Bonchev–Trinajstić information content (AvgIpc) is 2.65. The lowest BCUT2D eigenvalue weighted by Crippen LogP contribution is -2.18. The van der Waals surface area contributed by atoms with Crippen molar-refractivity contribution in [2.45, 2.75) is 40.0 Å². The van der Waals surface area contributed by atoms with E-state index in [9.17, 15) is 0 Å². The van der Waals surface area contributed by atoms with Crippen molar-refractivity contribution in [3.63, 3.8) is 0 Å². The van der Waals surface area contributed by atoms with Crippen LogP contribution < -0.4 is 9.47 Å². The molecule has 0 spiro atoms. The highest BCUT2D eigenvalue weighted by atomic mass is 16.5. The summed E-state index contributed by atoms with van der Waals surface area (Å²) >= 11 is 0. The van der Waals surface area contributed by atoms with Gasteiger partial charge in [-0.3, -0.25) is 0 Å². The lowest BCUT2D eigenvalue weighted by atomic mass is 9.78. The minimum atomic E-state index is -0.0567. The van der Waals surface area contributed by atoms with Crippen molar-refractivity contribution in [1.82, 2.24) is 0 Å². The maximum Gasteiger partial charge on any atom is 0.130 e. The molecule has 0 bridgehead atoms. The first-order valence-corrected chi connectivity index (χ1v) is 9.32. The monoisotopic (exact) mass is 360 g/mol. The predicted molar refractivity (Wildman–Crippen MR) is 112 cm³/mol. The maximum absolute atomic E-state index is 6.12. The first kappa shape index (κ1) is 19.0. The van der Waals surface area contributed by atoms with E-state index in [4.69, 9.17) is 9.47 Å². The Kier molecular flexibility index (Phi) is 5.27. The molecular formula is C25H28O2. The molecule has 0 fully saturated rings. The van der Waals surface area contributed by atoms with Crippen molar-refractivity contribution in [2.75, 3.05) is 7.11 Å². The van der Waals surface area contributed by atoms with Gasteiger partial charge in [0, 0.05) is 5.41 Å². The summed E-state index contributed by atoms with van der Waals surface area (Å²) in [6.07, 6.45) is 0. The van der Waals surface area contributed by atoms with E-state index in [1.807, 2.05) is 38.1 Å². The van der Waals surface area contributed by atoms with E-state index in [2.05, 4.69) is 57.2 Å². The predicted octanol–water partition coefficient (Wildman–Crippen LogP) is 6.74. The Balaban J connectivity index is 1.83. The minimum Gasteiger partial charge on any atom is -0.496 e. The van der Waals surface area contributed by atoms with Crippen molar-refractivity contribution >= 4 is 0 Å². The van der Waals surface area contributed by atoms with Crippen LogP contribution in [0.2, 0.25) is 0 Å². The van der Waals surface area contributed by atoms with Gasteiger partial charge in [-0.05, 0) is 67.3 Å². The molecule has 3 aromatic rings. The van der Waals surface area contributed by atoms with Crippen LogP contribution in [0, 0.1) is 20.8 Å². The van der Waals surface area contributed by atoms with Gasteiger partial charge in [0.2, 0.25) is 0 Å². The van der Waals surface area contributed by atoms with Gasteiger partial charge in [0.1, 0.15) is 17.2 Å². The number of rotatable bonds is 5. The first-order chi connectivity index (χ1) is 12.8. The van der Waals surface area contributed by atoms with Crippen LogP contribution in [0.25, 0.3) is 0 Å². The summed E-state index contributed by atoms with van der Waals surface area (Å²) in [6.45, 7) is 10.7. The van der Waals surface area contributed by atoms with Crippen molar-refractivity contribution in [3.8, 4) is 17.2 Å². The van der Waals surface area contributed by atoms with Crippen molar-refractivity contribution in [3.05, 3.63) is 88.5 Å². The van der Waals surface area contributed by atoms with Crippen LogP contribution in [0.5, 0.6) is 17.2 Å². The highest BCUT2D eigenvalue weighted by Crippen LogP contribution is 2.35. The molecule has 0 aliphatic carbocycles. The fraction of sp³-hybridized carbons (Fsp3) is 0.280. The van der Waals surface area contributed by atoms with Crippen LogP contribution in [-0.4, -0.2) is 7.11 Å². The summed E-state index contributed by atoms with van der Waals surface area (Å²) in [5.41, 5.74) is 5.92. The summed E-state index contributed by atoms with van der Waals surface area (Å²) in [5.74, 6) is 2.58. The molecule has 0 aliphatic heterocycles. The Hall–Kier alpha value is -2.74. The second-order valence-electron chi connectivity index (χ2n) is 7.70. The Morgan fingerprint density at radius 3 is 1.70 bits per heavy atom. The zero-order valence-corrected chi connectivity index (χ0v) is 17.1. The Morgan fingerprint density at radius 1 is 0.667 bits per heavy atom. The zero-order chi connectivity index (χ0) is 19.6. The second-order valence-corrected chi connectivity index (χ2v) is 7.70. The molecule has 0 heterocycles. The molecule has 0 unspecified atom stereocenters. The third-order valence-electron chi connectivity index (χ3n) is 5.27. The number of ether oxygens (including phenoxy) is 2. The Morgan fingerprint density at radius 2 is 1.15 bits per heavy atom. The molecule has 3 aromatic carbocycles. The van der Waals surface area contributed by atoms with E-state index in [-0.39, 0.29) is 5.41 Å². The summed E-state index contributed by atoms with van der Waals surface area (Å²) in [4.78, 5) is 0. The molecule has 27 heavy (non-hydrogen) atoms. The van der Waals surface area contributed by atoms with Gasteiger partial charge < -0.3 is 9.47 Å². The molecule has 0 saturated carbocycles. The summed E-state index contributed by atoms with van der Waals surface area (Å²) in [6, 6.07) is 21.2. The molecule has 0 radical (unpaired) electrons. The molecule has 0 atom stereocenters. The van der Waals surface area contributed by atoms with Crippen LogP contribution in [-0.2, 0) is 5.41 Å². The van der Waals surface area contributed by atoms with Gasteiger partial charge in [0.15, 0.2) is 0 Å². The van der Waals surface area contributed by atoms with E-state index in [0.29, 0.717) is 0 Å². The van der Waals surface area contributed by atoms with Gasteiger partial charge in [-0.15, -0.1) is 0 Å². The molecule has 0 saturated heterocycles. The number of hydrogen-bond donors (Lipinski definition) is 0. The summed E-state index contributed by atoms with van der Waals surface area (Å²) in [5, 5.41) is 0.